The normalized spacial score (nSPS) is 13.2. The molecule has 0 saturated heterocycles. The van der Waals surface area contributed by atoms with E-state index in [0.717, 1.165) is 29.7 Å². The van der Waals surface area contributed by atoms with Crippen molar-refractivity contribution in [3.05, 3.63) is 73.0 Å². The number of carbonyl (C=O) groups excluding carboxylic acids is 1. The van der Waals surface area contributed by atoms with E-state index < -0.39 is 4.92 Å². The van der Waals surface area contributed by atoms with Crippen LogP contribution in [0.1, 0.15) is 36.1 Å². The summed E-state index contributed by atoms with van der Waals surface area (Å²) in [5, 5.41) is 24.1. The van der Waals surface area contributed by atoms with Crippen molar-refractivity contribution in [1.29, 1.82) is 0 Å². The molecule has 0 unspecified atom stereocenters. The predicted octanol–water partition coefficient (Wildman–Crippen LogP) is 6.35. The Kier molecular flexibility index (Phi) is 7.29. The number of unbranched alkanes of at least 4 members (excludes halogenated alkanes) is 2. The summed E-state index contributed by atoms with van der Waals surface area (Å²) < 4.78 is 2.32. The molecule has 1 aliphatic heterocycles. The highest BCUT2D eigenvalue weighted by atomic mass is 32.1. The largest absolute Gasteiger partial charge is 0.493 e. The molecule has 34 heavy (non-hydrogen) atoms. The average molecular weight is 495 g/mol. The third-order valence-electron chi connectivity index (χ3n) is 5.39. The van der Waals surface area contributed by atoms with Crippen molar-refractivity contribution in [3.8, 4) is 5.88 Å². The molecule has 1 aliphatic rings. The van der Waals surface area contributed by atoms with Crippen LogP contribution in [-0.4, -0.2) is 26.7 Å². The molecule has 3 aromatic rings. The van der Waals surface area contributed by atoms with Gasteiger partial charge in [-0.15, -0.1) is 11.3 Å². The number of aromatic nitrogens is 1. The minimum absolute atomic E-state index is 0.0196. The van der Waals surface area contributed by atoms with E-state index >= 15 is 0 Å². The maximum absolute atomic E-state index is 12.1. The molecule has 2 heterocycles. The van der Waals surface area contributed by atoms with Crippen LogP contribution in [0.15, 0.2) is 53.5 Å². The number of hydrogen-bond donors (Lipinski definition) is 2. The molecule has 2 N–H and O–H groups in total. The maximum atomic E-state index is 12.1. The highest BCUT2D eigenvalue weighted by Gasteiger charge is 2.15. The topological polar surface area (TPSA) is 110 Å². The number of nitrogens with one attached hydrogen (secondary N) is 1. The summed E-state index contributed by atoms with van der Waals surface area (Å²) in [7, 11) is 0. The lowest BCUT2D eigenvalue weighted by Gasteiger charge is -2.06. The number of nitro groups is 1. The number of amides is 1. The lowest BCUT2D eigenvalue weighted by molar-refractivity contribution is -0.384. The highest BCUT2D eigenvalue weighted by Crippen LogP contribution is 2.35. The zero-order valence-corrected chi connectivity index (χ0v) is 19.8. The van der Waals surface area contributed by atoms with E-state index in [1.807, 2.05) is 30.3 Å². The van der Waals surface area contributed by atoms with Crippen LogP contribution < -0.4 is 5.32 Å². The molecule has 174 valence electrons. The fraction of sp³-hybridized carbons (Fsp3) is 0.208. The van der Waals surface area contributed by atoms with Gasteiger partial charge in [-0.05, 0) is 49.3 Å². The number of fused-ring (bicyclic) bond motifs is 1. The number of aromatic hydroxyl groups is 1. The Morgan fingerprint density at radius 2 is 1.94 bits per heavy atom. The first-order chi connectivity index (χ1) is 16.4. The predicted molar refractivity (Wildman–Crippen MR) is 137 cm³/mol. The molecule has 0 spiro atoms. The Labute approximate surface area is 205 Å². The van der Waals surface area contributed by atoms with Gasteiger partial charge in [0.25, 0.3) is 5.69 Å². The van der Waals surface area contributed by atoms with Gasteiger partial charge in [-0.25, -0.2) is 0 Å². The fourth-order valence-electron chi connectivity index (χ4n) is 3.62. The van der Waals surface area contributed by atoms with Gasteiger partial charge in [0.15, 0.2) is 3.95 Å². The summed E-state index contributed by atoms with van der Waals surface area (Å²) in [4.78, 5) is 27.4. The molecule has 4 rings (SSSR count). The molecule has 8 nitrogen and oxygen atoms in total. The van der Waals surface area contributed by atoms with E-state index in [1.165, 1.54) is 35.6 Å². The van der Waals surface area contributed by atoms with Crippen LogP contribution in [0.4, 0.5) is 17.1 Å². The van der Waals surface area contributed by atoms with Crippen molar-refractivity contribution in [2.24, 2.45) is 4.99 Å². The van der Waals surface area contributed by atoms with Crippen LogP contribution in [-0.2, 0) is 11.3 Å². The van der Waals surface area contributed by atoms with Crippen molar-refractivity contribution >= 4 is 64.4 Å². The van der Waals surface area contributed by atoms with Crippen molar-refractivity contribution in [2.45, 2.75) is 32.2 Å². The number of benzene rings is 2. The van der Waals surface area contributed by atoms with Crippen LogP contribution in [0.2, 0.25) is 0 Å². The van der Waals surface area contributed by atoms with Crippen LogP contribution in [0, 0.1) is 14.1 Å². The lowest BCUT2D eigenvalue weighted by atomic mass is 10.1. The Morgan fingerprint density at radius 3 is 2.71 bits per heavy atom. The van der Waals surface area contributed by atoms with Crippen molar-refractivity contribution in [2.75, 3.05) is 5.32 Å². The summed E-state index contributed by atoms with van der Waals surface area (Å²) >= 11 is 6.81. The molecule has 0 radical (unpaired) electrons. The molecule has 0 aliphatic carbocycles. The Balaban J connectivity index is 1.26. The molecule has 2 aromatic carbocycles. The zero-order valence-electron chi connectivity index (χ0n) is 18.1. The number of para-hydroxylation sites is 1. The van der Waals surface area contributed by atoms with E-state index in [-0.39, 0.29) is 17.5 Å². The number of anilines is 1. The summed E-state index contributed by atoms with van der Waals surface area (Å²) in [5.74, 6) is 0.00691. The molecule has 0 bridgehead atoms. The van der Waals surface area contributed by atoms with E-state index in [4.69, 9.17) is 12.2 Å². The van der Waals surface area contributed by atoms with Gasteiger partial charge in [0, 0.05) is 48.1 Å². The molecular formula is C24H22N4O4S2. The summed E-state index contributed by atoms with van der Waals surface area (Å²) in [6, 6.07) is 13.6. The smallest absolute Gasteiger partial charge is 0.269 e. The number of non-ortho nitro benzene ring substituents is 1. The standard InChI is InChI=1S/C24H22N4O4S2/c29-22(26-17-9-11-18(12-10-17)28(31)32)8-2-1-5-13-27-23(30)21(34-24(27)33)14-16-15-25-20-7-4-3-6-19(16)20/h3-4,6-7,9-12,14-15,30H,1-2,5,8,13H2,(H,26,29)/b16-14-. The summed E-state index contributed by atoms with van der Waals surface area (Å²) in [6.45, 7) is 0.568. The first-order valence-corrected chi connectivity index (χ1v) is 12.0. The molecular weight excluding hydrogens is 472 g/mol. The second-order valence-corrected chi connectivity index (χ2v) is 9.42. The van der Waals surface area contributed by atoms with E-state index in [9.17, 15) is 20.0 Å². The third-order valence-corrected chi connectivity index (χ3v) is 6.77. The number of hydrogen-bond acceptors (Lipinski definition) is 7. The van der Waals surface area contributed by atoms with Gasteiger partial charge in [0.05, 0.1) is 15.5 Å². The van der Waals surface area contributed by atoms with Crippen molar-refractivity contribution in [3.63, 3.8) is 0 Å². The quantitative estimate of drug-likeness (QED) is 0.156. The Hall–Kier alpha value is -3.63. The van der Waals surface area contributed by atoms with E-state index in [1.54, 1.807) is 10.8 Å². The molecule has 1 amide bonds. The third kappa shape index (κ3) is 5.46. The van der Waals surface area contributed by atoms with Crippen molar-refractivity contribution < 1.29 is 14.8 Å². The second-order valence-electron chi connectivity index (χ2n) is 7.75. The number of rotatable bonds is 9. The molecule has 0 fully saturated rings. The summed E-state index contributed by atoms with van der Waals surface area (Å²) in [6.07, 6.45) is 6.28. The van der Waals surface area contributed by atoms with Gasteiger partial charge in [-0.1, -0.05) is 24.6 Å². The number of aliphatic imine (C=N–C) groups is 1. The van der Waals surface area contributed by atoms with Gasteiger partial charge in [0.2, 0.25) is 11.8 Å². The average Bonchev–Trinajstić information content (AvgIpc) is 3.35. The summed E-state index contributed by atoms with van der Waals surface area (Å²) in [5.41, 5.74) is 3.39. The zero-order chi connectivity index (χ0) is 24.1. The van der Waals surface area contributed by atoms with Gasteiger partial charge in [0.1, 0.15) is 0 Å². The molecule has 10 heteroatoms. The van der Waals surface area contributed by atoms with Crippen LogP contribution in [0.25, 0.3) is 11.6 Å². The van der Waals surface area contributed by atoms with Gasteiger partial charge in [-0.2, -0.15) is 0 Å². The first-order valence-electron chi connectivity index (χ1n) is 10.7. The first kappa shape index (κ1) is 23.5. The van der Waals surface area contributed by atoms with Crippen LogP contribution in [0.5, 0.6) is 5.88 Å². The number of thiazole rings is 1. The van der Waals surface area contributed by atoms with Gasteiger partial charge in [-0.3, -0.25) is 24.5 Å². The highest BCUT2D eigenvalue weighted by molar-refractivity contribution is 7.73. The van der Waals surface area contributed by atoms with Crippen molar-refractivity contribution in [1.82, 2.24) is 4.57 Å². The number of nitro benzene ring substituents is 1. The van der Waals surface area contributed by atoms with Crippen LogP contribution >= 0.6 is 23.6 Å². The SMILES string of the molecule is O=C(CCCCCn1c(O)c(/C=C2/C=Nc3ccccc32)sc1=S)Nc1ccc([N+](=O)[O-])cc1. The Morgan fingerprint density at radius 1 is 1.18 bits per heavy atom. The molecule has 0 atom stereocenters. The molecule has 0 saturated carbocycles. The fourth-order valence-corrected chi connectivity index (χ4v) is 4.93. The van der Waals surface area contributed by atoms with Gasteiger partial charge < -0.3 is 10.4 Å². The second kappa shape index (κ2) is 10.5. The van der Waals surface area contributed by atoms with Gasteiger partial charge >= 0.3 is 0 Å². The maximum Gasteiger partial charge on any atom is 0.269 e. The Bertz CT molecular complexity index is 1340. The number of carbonyl (C=O) groups is 1. The lowest BCUT2D eigenvalue weighted by Crippen LogP contribution is -2.11. The van der Waals surface area contributed by atoms with E-state index in [2.05, 4.69) is 10.3 Å². The van der Waals surface area contributed by atoms with E-state index in [0.29, 0.717) is 33.9 Å². The number of nitrogens with zero attached hydrogens (tertiary/aromatic N) is 3. The minimum atomic E-state index is -0.481. The molecule has 1 aromatic heterocycles. The van der Waals surface area contributed by atoms with Crippen LogP contribution in [0.3, 0.4) is 0 Å². The monoisotopic (exact) mass is 494 g/mol. The minimum Gasteiger partial charge on any atom is -0.493 e. The number of allylic oxidation sites excluding steroid dienone is 1.